The molecule has 1 N–H and O–H groups in total. The zero-order valence-corrected chi connectivity index (χ0v) is 20.5. The molecule has 2 heterocycles. The SMILES string of the molecule is Cc1cc(S(=O)(=O)N(C)C)cc(NC(=O)c2nc(-c3cccs3)n(-c3cccc(F)c3)n2)c1C. The van der Waals surface area contributed by atoms with Crippen LogP contribution in [-0.2, 0) is 10.0 Å². The van der Waals surface area contributed by atoms with E-state index >= 15 is 0 Å². The first-order valence-corrected chi connectivity index (χ1v) is 12.5. The molecule has 0 aliphatic rings. The number of nitrogens with one attached hydrogen (secondary N) is 1. The Kier molecular flexibility index (Phi) is 6.34. The van der Waals surface area contributed by atoms with Gasteiger partial charge in [-0.1, -0.05) is 12.1 Å². The van der Waals surface area contributed by atoms with Crippen LogP contribution in [0.1, 0.15) is 21.7 Å². The molecule has 2 aromatic carbocycles. The third-order valence-corrected chi connectivity index (χ3v) is 7.93. The molecule has 34 heavy (non-hydrogen) atoms. The largest absolute Gasteiger partial charge is 0.319 e. The third kappa shape index (κ3) is 4.49. The fourth-order valence-electron chi connectivity index (χ4n) is 3.26. The Labute approximate surface area is 200 Å². The van der Waals surface area contributed by atoms with Crippen molar-refractivity contribution in [3.8, 4) is 16.4 Å². The van der Waals surface area contributed by atoms with E-state index in [9.17, 15) is 17.6 Å². The van der Waals surface area contributed by atoms with Crippen molar-refractivity contribution < 1.29 is 17.6 Å². The lowest BCUT2D eigenvalue weighted by Crippen LogP contribution is -2.23. The number of halogens is 1. The molecule has 176 valence electrons. The minimum absolute atomic E-state index is 0.0634. The number of thiophene rings is 1. The first kappa shape index (κ1) is 23.7. The molecule has 0 atom stereocenters. The summed E-state index contributed by atoms with van der Waals surface area (Å²) in [5.41, 5.74) is 2.18. The van der Waals surface area contributed by atoms with Gasteiger partial charge in [-0.15, -0.1) is 16.4 Å². The van der Waals surface area contributed by atoms with E-state index in [0.717, 1.165) is 9.18 Å². The number of benzene rings is 2. The second-order valence-electron chi connectivity index (χ2n) is 7.78. The molecule has 4 aromatic rings. The second kappa shape index (κ2) is 9.09. The average Bonchev–Trinajstić information content (AvgIpc) is 3.46. The average molecular weight is 500 g/mol. The minimum atomic E-state index is -3.70. The van der Waals surface area contributed by atoms with Crippen LogP contribution < -0.4 is 5.32 Å². The van der Waals surface area contributed by atoms with Gasteiger partial charge < -0.3 is 5.32 Å². The van der Waals surface area contributed by atoms with Gasteiger partial charge in [-0.05, 0) is 66.8 Å². The predicted molar refractivity (Wildman–Crippen MR) is 129 cm³/mol. The number of rotatable bonds is 6. The van der Waals surface area contributed by atoms with Gasteiger partial charge >= 0.3 is 0 Å². The van der Waals surface area contributed by atoms with Crippen molar-refractivity contribution >= 4 is 33.0 Å². The number of carbonyl (C=O) groups excluding carboxylic acids is 1. The smallest absolute Gasteiger partial charge is 0.295 e. The van der Waals surface area contributed by atoms with Crippen LogP contribution >= 0.6 is 11.3 Å². The first-order valence-electron chi connectivity index (χ1n) is 10.2. The van der Waals surface area contributed by atoms with Crippen molar-refractivity contribution in [2.24, 2.45) is 0 Å². The van der Waals surface area contributed by atoms with E-state index in [4.69, 9.17) is 0 Å². The number of hydrogen-bond acceptors (Lipinski definition) is 6. The molecule has 1 amide bonds. The van der Waals surface area contributed by atoms with E-state index < -0.39 is 21.7 Å². The van der Waals surface area contributed by atoms with Crippen LogP contribution in [0.4, 0.5) is 10.1 Å². The van der Waals surface area contributed by atoms with Crippen LogP contribution in [0.5, 0.6) is 0 Å². The summed E-state index contributed by atoms with van der Waals surface area (Å²) in [6.07, 6.45) is 0. The Morgan fingerprint density at radius 1 is 1.12 bits per heavy atom. The third-order valence-electron chi connectivity index (χ3n) is 5.27. The molecule has 0 radical (unpaired) electrons. The van der Waals surface area contributed by atoms with E-state index in [0.29, 0.717) is 28.3 Å². The number of aromatic nitrogens is 3. The van der Waals surface area contributed by atoms with E-state index in [2.05, 4.69) is 15.4 Å². The molecular weight excluding hydrogens is 477 g/mol. The van der Waals surface area contributed by atoms with Gasteiger partial charge in [0.1, 0.15) is 5.82 Å². The maximum absolute atomic E-state index is 13.9. The summed E-state index contributed by atoms with van der Waals surface area (Å²) in [7, 11) is -0.814. The van der Waals surface area contributed by atoms with Gasteiger partial charge in [0, 0.05) is 19.8 Å². The van der Waals surface area contributed by atoms with Crippen molar-refractivity contribution in [2.45, 2.75) is 18.7 Å². The second-order valence-corrected chi connectivity index (χ2v) is 10.9. The highest BCUT2D eigenvalue weighted by atomic mass is 32.2. The molecule has 0 bridgehead atoms. The van der Waals surface area contributed by atoms with Crippen LogP contribution in [-0.4, -0.2) is 47.5 Å². The van der Waals surface area contributed by atoms with Gasteiger partial charge in [-0.3, -0.25) is 4.79 Å². The molecule has 8 nitrogen and oxygen atoms in total. The molecule has 0 saturated heterocycles. The van der Waals surface area contributed by atoms with Crippen LogP contribution in [0, 0.1) is 19.7 Å². The van der Waals surface area contributed by atoms with Crippen LogP contribution in [0.15, 0.2) is 58.8 Å². The summed E-state index contributed by atoms with van der Waals surface area (Å²) in [5.74, 6) is -0.802. The fourth-order valence-corrected chi connectivity index (χ4v) is 4.97. The lowest BCUT2D eigenvalue weighted by atomic mass is 10.1. The summed E-state index contributed by atoms with van der Waals surface area (Å²) in [5, 5.41) is 8.93. The van der Waals surface area contributed by atoms with E-state index in [1.165, 1.54) is 48.3 Å². The predicted octanol–water partition coefficient (Wildman–Crippen LogP) is 4.25. The normalized spacial score (nSPS) is 11.7. The van der Waals surface area contributed by atoms with Crippen molar-refractivity contribution in [2.75, 3.05) is 19.4 Å². The number of carbonyl (C=O) groups is 1. The highest BCUT2D eigenvalue weighted by Gasteiger charge is 2.23. The Hall–Kier alpha value is -3.41. The zero-order valence-electron chi connectivity index (χ0n) is 18.9. The highest BCUT2D eigenvalue weighted by Crippen LogP contribution is 2.28. The highest BCUT2D eigenvalue weighted by molar-refractivity contribution is 7.89. The van der Waals surface area contributed by atoms with Crippen molar-refractivity contribution in [3.63, 3.8) is 0 Å². The lowest BCUT2D eigenvalue weighted by Gasteiger charge is -2.16. The summed E-state index contributed by atoms with van der Waals surface area (Å²) in [6, 6.07) is 12.5. The van der Waals surface area contributed by atoms with Gasteiger partial charge in [0.25, 0.3) is 5.91 Å². The number of anilines is 1. The molecule has 0 spiro atoms. The number of aryl methyl sites for hydroxylation is 1. The molecule has 0 aliphatic heterocycles. The summed E-state index contributed by atoms with van der Waals surface area (Å²) >= 11 is 1.41. The van der Waals surface area contributed by atoms with Gasteiger partial charge in [0.2, 0.25) is 15.8 Å². The number of sulfonamides is 1. The van der Waals surface area contributed by atoms with Gasteiger partial charge in [-0.2, -0.15) is 0 Å². The van der Waals surface area contributed by atoms with Crippen molar-refractivity contribution in [1.29, 1.82) is 0 Å². The van der Waals surface area contributed by atoms with Gasteiger partial charge in [0.05, 0.1) is 15.5 Å². The Morgan fingerprint density at radius 2 is 1.88 bits per heavy atom. The Morgan fingerprint density at radius 3 is 2.53 bits per heavy atom. The molecule has 0 unspecified atom stereocenters. The first-order chi connectivity index (χ1) is 16.1. The maximum Gasteiger partial charge on any atom is 0.295 e. The van der Waals surface area contributed by atoms with E-state index in [1.807, 2.05) is 17.5 Å². The monoisotopic (exact) mass is 499 g/mol. The lowest BCUT2D eigenvalue weighted by molar-refractivity contribution is 0.101. The molecule has 0 saturated carbocycles. The zero-order chi connectivity index (χ0) is 24.6. The van der Waals surface area contributed by atoms with E-state index in [-0.39, 0.29) is 10.7 Å². The quantitative estimate of drug-likeness (QED) is 0.428. The standard InChI is InChI=1S/C23H22FN5O3S2/c1-14-11-18(34(31,32)28(3)4)13-19(15(14)2)25-23(30)21-26-22(20-9-6-10-33-20)29(27-21)17-8-5-7-16(24)12-17/h5-13H,1-4H3,(H,25,30). The van der Waals surface area contributed by atoms with Crippen LogP contribution in [0.25, 0.3) is 16.4 Å². The maximum atomic E-state index is 13.9. The molecular formula is C23H22FN5O3S2. The Bertz CT molecular complexity index is 1480. The molecule has 0 fully saturated rings. The van der Waals surface area contributed by atoms with Gasteiger partial charge in [-0.25, -0.2) is 26.8 Å². The molecule has 2 aromatic heterocycles. The topological polar surface area (TPSA) is 97.2 Å². The minimum Gasteiger partial charge on any atom is -0.319 e. The summed E-state index contributed by atoms with van der Waals surface area (Å²) in [6.45, 7) is 3.55. The summed E-state index contributed by atoms with van der Waals surface area (Å²) in [4.78, 5) is 18.3. The van der Waals surface area contributed by atoms with Gasteiger partial charge in [0.15, 0.2) is 5.82 Å². The van der Waals surface area contributed by atoms with Crippen LogP contribution in [0.2, 0.25) is 0 Å². The Balaban J connectivity index is 1.75. The molecule has 0 aliphatic carbocycles. The molecule has 4 rings (SSSR count). The summed E-state index contributed by atoms with van der Waals surface area (Å²) < 4.78 is 41.6. The number of nitrogens with zero attached hydrogens (tertiary/aromatic N) is 4. The fraction of sp³-hybridized carbons (Fsp3) is 0.174. The van der Waals surface area contributed by atoms with Crippen molar-refractivity contribution in [3.05, 3.63) is 76.7 Å². The van der Waals surface area contributed by atoms with Crippen molar-refractivity contribution in [1.82, 2.24) is 19.1 Å². The molecule has 11 heteroatoms. The number of amides is 1. The number of hydrogen-bond donors (Lipinski definition) is 1. The van der Waals surface area contributed by atoms with Crippen LogP contribution in [0.3, 0.4) is 0 Å². The van der Waals surface area contributed by atoms with E-state index in [1.54, 1.807) is 32.0 Å².